The summed E-state index contributed by atoms with van der Waals surface area (Å²) in [5, 5.41) is 3.36. The second kappa shape index (κ2) is 12.1. The molecule has 1 N–H and O–H groups in total. The van der Waals surface area contributed by atoms with Gasteiger partial charge in [-0.3, -0.25) is 4.79 Å². The van der Waals surface area contributed by atoms with E-state index in [1.165, 1.54) is 11.1 Å². The average Bonchev–Trinajstić information content (AvgIpc) is 2.82. The van der Waals surface area contributed by atoms with Crippen molar-refractivity contribution in [1.29, 1.82) is 0 Å². The van der Waals surface area contributed by atoms with Crippen LogP contribution in [0.15, 0.2) is 59.6 Å². The number of ether oxygens (including phenoxy) is 1. The van der Waals surface area contributed by atoms with Gasteiger partial charge in [0, 0.05) is 45.6 Å². The molecule has 2 heterocycles. The van der Waals surface area contributed by atoms with E-state index in [4.69, 9.17) is 4.74 Å². The van der Waals surface area contributed by atoms with E-state index in [1.54, 1.807) is 0 Å². The Labute approximate surface area is 208 Å². The van der Waals surface area contributed by atoms with Gasteiger partial charge in [-0.05, 0) is 36.6 Å². The van der Waals surface area contributed by atoms with Crippen LogP contribution in [0.1, 0.15) is 30.9 Å². The zero-order chi connectivity index (χ0) is 21.5. The van der Waals surface area contributed by atoms with Crippen LogP contribution < -0.4 is 10.1 Å². The van der Waals surface area contributed by atoms with E-state index in [0.717, 1.165) is 57.2 Å². The number of hydrogen-bond donors (Lipinski definition) is 1. The summed E-state index contributed by atoms with van der Waals surface area (Å²) in [6.45, 7) is 6.22. The van der Waals surface area contributed by atoms with Crippen LogP contribution in [0.2, 0.25) is 0 Å². The number of amides is 1. The molecule has 7 heteroatoms. The minimum atomic E-state index is 0. The first-order chi connectivity index (χ1) is 15.2. The van der Waals surface area contributed by atoms with Crippen LogP contribution in [0.5, 0.6) is 5.75 Å². The Balaban J connectivity index is 0.00000289. The van der Waals surface area contributed by atoms with Crippen LogP contribution in [-0.2, 0) is 17.8 Å². The van der Waals surface area contributed by atoms with Crippen LogP contribution >= 0.6 is 24.0 Å². The smallest absolute Gasteiger partial charge is 0.244 e. The fourth-order valence-electron chi connectivity index (χ4n) is 4.25. The lowest BCUT2D eigenvalue weighted by molar-refractivity contribution is -0.130. The number of rotatable bonds is 5. The number of para-hydroxylation sites is 1. The molecule has 0 saturated carbocycles. The van der Waals surface area contributed by atoms with Crippen molar-refractivity contribution in [2.45, 2.75) is 38.8 Å². The number of nitrogens with one attached hydrogen (secondary N) is 1. The molecular weight excluding hydrogens is 515 g/mol. The van der Waals surface area contributed by atoms with Gasteiger partial charge in [-0.2, -0.15) is 0 Å². The third-order valence-corrected chi connectivity index (χ3v) is 5.97. The number of nitrogens with zero attached hydrogens (tertiary/aromatic N) is 3. The molecule has 6 nitrogen and oxygen atoms in total. The lowest BCUT2D eigenvalue weighted by Crippen LogP contribution is -2.48. The van der Waals surface area contributed by atoms with E-state index >= 15 is 0 Å². The number of carbonyl (C=O) groups excluding carboxylic acids is 1. The van der Waals surface area contributed by atoms with E-state index in [9.17, 15) is 4.79 Å². The monoisotopic (exact) mass is 548 g/mol. The van der Waals surface area contributed by atoms with Crippen LogP contribution in [-0.4, -0.2) is 60.5 Å². The molecule has 0 unspecified atom stereocenters. The van der Waals surface area contributed by atoms with Crippen LogP contribution in [0, 0.1) is 0 Å². The minimum Gasteiger partial charge on any atom is -0.490 e. The SMILES string of the molecule is CCNC(=NCC(=O)N1CCc2ccccc2C1)N1CCC(Oc2ccccc2)CC1.I. The number of fused-ring (bicyclic) bond motifs is 1. The first-order valence-corrected chi connectivity index (χ1v) is 11.3. The maximum absolute atomic E-state index is 12.8. The lowest BCUT2D eigenvalue weighted by Gasteiger charge is -2.34. The second-order valence-electron chi connectivity index (χ2n) is 8.12. The third kappa shape index (κ3) is 6.37. The number of halogens is 1. The van der Waals surface area contributed by atoms with Crippen molar-refractivity contribution >= 4 is 35.8 Å². The van der Waals surface area contributed by atoms with Crippen LogP contribution in [0.4, 0.5) is 0 Å². The molecule has 2 aliphatic heterocycles. The Bertz CT molecular complexity index is 898. The van der Waals surface area contributed by atoms with Crippen molar-refractivity contribution in [2.75, 3.05) is 32.7 Å². The highest BCUT2D eigenvalue weighted by molar-refractivity contribution is 14.0. The molecule has 1 amide bonds. The Morgan fingerprint density at radius 3 is 2.41 bits per heavy atom. The summed E-state index contributed by atoms with van der Waals surface area (Å²) in [4.78, 5) is 21.7. The molecule has 1 fully saturated rings. The molecule has 172 valence electrons. The number of likely N-dealkylation sites (tertiary alicyclic amines) is 1. The van der Waals surface area contributed by atoms with Gasteiger partial charge in [0.2, 0.25) is 5.91 Å². The van der Waals surface area contributed by atoms with E-state index in [0.29, 0.717) is 6.54 Å². The highest BCUT2D eigenvalue weighted by atomic mass is 127. The summed E-state index contributed by atoms with van der Waals surface area (Å²) in [5.41, 5.74) is 2.60. The van der Waals surface area contributed by atoms with E-state index < -0.39 is 0 Å². The molecule has 0 aliphatic carbocycles. The van der Waals surface area contributed by atoms with Gasteiger partial charge in [0.1, 0.15) is 18.4 Å². The number of guanidine groups is 1. The molecule has 2 aliphatic rings. The zero-order valence-electron chi connectivity index (χ0n) is 18.7. The predicted octanol–water partition coefficient (Wildman–Crippen LogP) is 3.70. The van der Waals surface area contributed by atoms with Gasteiger partial charge in [0.05, 0.1) is 0 Å². The molecule has 2 aromatic rings. The highest BCUT2D eigenvalue weighted by Gasteiger charge is 2.24. The molecular formula is C25H33IN4O2. The quantitative estimate of drug-likeness (QED) is 0.352. The van der Waals surface area contributed by atoms with Gasteiger partial charge in [0.15, 0.2) is 5.96 Å². The standard InChI is InChI=1S/C25H32N4O2.HI/c1-2-26-25(28-16-13-23(14-17-28)31-22-10-4-3-5-11-22)27-18-24(30)29-15-12-20-8-6-7-9-21(20)19-29;/h3-11,23H,2,12-19H2,1H3,(H,26,27);1H. The van der Waals surface area contributed by atoms with Gasteiger partial charge < -0.3 is 19.9 Å². The summed E-state index contributed by atoms with van der Waals surface area (Å²) < 4.78 is 6.10. The molecule has 2 aromatic carbocycles. The van der Waals surface area contributed by atoms with Crippen LogP contribution in [0.3, 0.4) is 0 Å². The van der Waals surface area contributed by atoms with Crippen molar-refractivity contribution in [1.82, 2.24) is 15.1 Å². The molecule has 0 aromatic heterocycles. The molecule has 0 spiro atoms. The summed E-state index contributed by atoms with van der Waals surface area (Å²) in [5.74, 6) is 1.84. The van der Waals surface area contributed by atoms with E-state index in [-0.39, 0.29) is 42.5 Å². The zero-order valence-corrected chi connectivity index (χ0v) is 21.0. The van der Waals surface area contributed by atoms with Gasteiger partial charge in [0.25, 0.3) is 0 Å². The van der Waals surface area contributed by atoms with Gasteiger partial charge in [-0.15, -0.1) is 24.0 Å². The number of benzene rings is 2. The average molecular weight is 548 g/mol. The van der Waals surface area contributed by atoms with Gasteiger partial charge >= 0.3 is 0 Å². The maximum atomic E-state index is 12.8. The van der Waals surface area contributed by atoms with E-state index in [1.807, 2.05) is 41.3 Å². The predicted molar refractivity (Wildman–Crippen MR) is 139 cm³/mol. The van der Waals surface area contributed by atoms with Crippen molar-refractivity contribution in [3.63, 3.8) is 0 Å². The third-order valence-electron chi connectivity index (χ3n) is 5.97. The van der Waals surface area contributed by atoms with Crippen molar-refractivity contribution in [3.05, 3.63) is 65.7 Å². The number of carbonyl (C=O) groups is 1. The van der Waals surface area contributed by atoms with Gasteiger partial charge in [-0.1, -0.05) is 42.5 Å². The Morgan fingerprint density at radius 2 is 1.69 bits per heavy atom. The largest absolute Gasteiger partial charge is 0.490 e. The normalized spacial score (nSPS) is 16.7. The van der Waals surface area contributed by atoms with Gasteiger partial charge in [-0.25, -0.2) is 4.99 Å². The summed E-state index contributed by atoms with van der Waals surface area (Å²) in [6, 6.07) is 18.4. The number of piperidine rings is 1. The lowest BCUT2D eigenvalue weighted by atomic mass is 10.00. The van der Waals surface area contributed by atoms with Crippen molar-refractivity contribution in [3.8, 4) is 5.75 Å². The molecule has 0 bridgehead atoms. The summed E-state index contributed by atoms with van der Waals surface area (Å²) in [7, 11) is 0. The molecule has 4 rings (SSSR count). The maximum Gasteiger partial charge on any atom is 0.244 e. The van der Waals surface area contributed by atoms with E-state index in [2.05, 4.69) is 40.3 Å². The first kappa shape index (κ1) is 24.4. The topological polar surface area (TPSA) is 57.2 Å². The summed E-state index contributed by atoms with van der Waals surface area (Å²) in [6.07, 6.45) is 3.02. The number of hydrogen-bond acceptors (Lipinski definition) is 3. The Morgan fingerprint density at radius 1 is 1.00 bits per heavy atom. The molecule has 32 heavy (non-hydrogen) atoms. The first-order valence-electron chi connectivity index (χ1n) is 11.3. The van der Waals surface area contributed by atoms with Crippen LogP contribution in [0.25, 0.3) is 0 Å². The fourth-order valence-corrected chi connectivity index (χ4v) is 4.25. The number of aliphatic imine (C=N–C) groups is 1. The fraction of sp³-hybridized carbons (Fsp3) is 0.440. The highest BCUT2D eigenvalue weighted by Crippen LogP contribution is 2.20. The molecule has 0 radical (unpaired) electrons. The molecule has 1 saturated heterocycles. The Hall–Kier alpha value is -2.29. The Kier molecular flexibility index (Phi) is 9.20. The second-order valence-corrected chi connectivity index (χ2v) is 8.12. The van der Waals surface area contributed by atoms with Crippen molar-refractivity contribution < 1.29 is 9.53 Å². The minimum absolute atomic E-state index is 0. The molecule has 0 atom stereocenters. The summed E-state index contributed by atoms with van der Waals surface area (Å²) >= 11 is 0. The van der Waals surface area contributed by atoms with Crippen molar-refractivity contribution in [2.24, 2.45) is 4.99 Å².